The quantitative estimate of drug-likeness (QED) is 0.387. The van der Waals surface area contributed by atoms with Crippen molar-refractivity contribution in [3.63, 3.8) is 0 Å². The van der Waals surface area contributed by atoms with E-state index in [0.29, 0.717) is 38.3 Å². The van der Waals surface area contributed by atoms with Gasteiger partial charge in [-0.15, -0.1) is 0 Å². The molecule has 1 fully saturated rings. The van der Waals surface area contributed by atoms with Gasteiger partial charge in [0, 0.05) is 44.3 Å². The lowest BCUT2D eigenvalue weighted by Crippen LogP contribution is -2.46. The van der Waals surface area contributed by atoms with E-state index in [-0.39, 0.29) is 28.2 Å². The second-order valence-electron chi connectivity index (χ2n) is 9.68. The summed E-state index contributed by atoms with van der Waals surface area (Å²) in [6, 6.07) is 21.6. The number of carbonyl (C=O) groups excluding carboxylic acids is 1. The molecule has 1 heterocycles. The zero-order valence-electron chi connectivity index (χ0n) is 22.1. The first-order valence-corrected chi connectivity index (χ1v) is 15.7. The van der Waals surface area contributed by atoms with E-state index in [1.807, 2.05) is 37.4 Å². The molecule has 1 atom stereocenters. The number of carbonyl (C=O) groups is 1. The van der Waals surface area contributed by atoms with Gasteiger partial charge in [0.15, 0.2) is 0 Å². The molecular weight excluding hydrogens is 536 g/mol. The Kier molecular flexibility index (Phi) is 9.19. The Morgan fingerprint density at radius 2 is 1.41 bits per heavy atom. The Morgan fingerprint density at radius 1 is 0.821 bits per heavy atom. The maximum Gasteiger partial charge on any atom is 0.243 e. The van der Waals surface area contributed by atoms with Gasteiger partial charge in [-0.05, 0) is 67.9 Å². The summed E-state index contributed by atoms with van der Waals surface area (Å²) in [4.78, 5) is 14.9. The number of rotatable bonds is 10. The molecule has 208 valence electrons. The van der Waals surface area contributed by atoms with Gasteiger partial charge in [-0.3, -0.25) is 4.79 Å². The zero-order chi connectivity index (χ0) is 28.0. The predicted octanol–water partition coefficient (Wildman–Crippen LogP) is 3.23. The molecule has 0 bridgehead atoms. The summed E-state index contributed by atoms with van der Waals surface area (Å²) in [5, 5.41) is 2.79. The van der Waals surface area contributed by atoms with Crippen molar-refractivity contribution in [2.24, 2.45) is 0 Å². The molecule has 1 aliphatic heterocycles. The number of nitrogens with zero attached hydrogens (tertiary/aromatic N) is 2. The summed E-state index contributed by atoms with van der Waals surface area (Å²) in [7, 11) is -5.30. The second kappa shape index (κ2) is 12.4. The Hall–Kier alpha value is -3.09. The Labute approximate surface area is 230 Å². The van der Waals surface area contributed by atoms with Crippen LogP contribution in [0.25, 0.3) is 0 Å². The summed E-state index contributed by atoms with van der Waals surface area (Å²) in [5.41, 5.74) is 2.21. The number of hydrogen-bond donors (Lipinski definition) is 2. The van der Waals surface area contributed by atoms with Crippen LogP contribution in [-0.2, 0) is 31.3 Å². The van der Waals surface area contributed by atoms with Gasteiger partial charge >= 0.3 is 0 Å². The average Bonchev–Trinajstić information content (AvgIpc) is 2.93. The van der Waals surface area contributed by atoms with Crippen molar-refractivity contribution in [2.45, 2.75) is 35.6 Å². The van der Waals surface area contributed by atoms with Crippen molar-refractivity contribution in [3.05, 3.63) is 90.0 Å². The van der Waals surface area contributed by atoms with E-state index in [4.69, 9.17) is 0 Å². The van der Waals surface area contributed by atoms with Crippen LogP contribution in [0.5, 0.6) is 0 Å². The number of sulfonamides is 2. The number of hydrogen-bond acceptors (Lipinski definition) is 6. The molecule has 1 amide bonds. The molecule has 0 aliphatic carbocycles. The van der Waals surface area contributed by atoms with Crippen LogP contribution in [0.3, 0.4) is 0 Å². The van der Waals surface area contributed by atoms with Crippen molar-refractivity contribution < 1.29 is 21.6 Å². The highest BCUT2D eigenvalue weighted by atomic mass is 32.2. The fourth-order valence-electron chi connectivity index (χ4n) is 4.31. The molecule has 11 heteroatoms. The lowest BCUT2D eigenvalue weighted by molar-refractivity contribution is -0.116. The van der Waals surface area contributed by atoms with Crippen molar-refractivity contribution in [2.75, 3.05) is 38.5 Å². The summed E-state index contributed by atoms with van der Waals surface area (Å²) >= 11 is 0. The average molecular weight is 571 g/mol. The van der Waals surface area contributed by atoms with Crippen LogP contribution in [0.1, 0.15) is 30.5 Å². The summed E-state index contributed by atoms with van der Waals surface area (Å²) in [6.45, 7) is 4.08. The highest BCUT2D eigenvalue weighted by Crippen LogP contribution is 2.21. The standard InChI is InChI=1S/C28H34N4O5S2/c1-22(24-6-4-3-5-7-24)30-38(34,35)26-13-8-23(9-14-26)10-17-28(33)29-25-11-15-27(16-12-25)39(36,37)32-20-18-31(2)19-21-32/h3-9,11-16,22,30H,10,17-21H2,1-2H3,(H,29,33). The largest absolute Gasteiger partial charge is 0.326 e. The van der Waals surface area contributed by atoms with Gasteiger partial charge in [-0.25, -0.2) is 21.6 Å². The van der Waals surface area contributed by atoms with Gasteiger partial charge < -0.3 is 10.2 Å². The predicted molar refractivity (Wildman–Crippen MR) is 151 cm³/mol. The normalized spacial score (nSPS) is 16.1. The molecule has 0 saturated carbocycles. The number of likely N-dealkylation sites (N-methyl/N-ethyl adjacent to an activating group) is 1. The van der Waals surface area contributed by atoms with Crippen LogP contribution in [0.4, 0.5) is 5.69 Å². The smallest absolute Gasteiger partial charge is 0.243 e. The summed E-state index contributed by atoms with van der Waals surface area (Å²) in [5.74, 6) is -0.222. The summed E-state index contributed by atoms with van der Waals surface area (Å²) < 4.78 is 55.4. The first-order valence-electron chi connectivity index (χ1n) is 12.8. The number of piperazine rings is 1. The van der Waals surface area contributed by atoms with Crippen LogP contribution in [0, 0.1) is 0 Å². The molecule has 3 aromatic rings. The molecule has 39 heavy (non-hydrogen) atoms. The van der Waals surface area contributed by atoms with E-state index < -0.39 is 20.0 Å². The maximum atomic E-state index is 12.9. The molecule has 1 saturated heterocycles. The lowest BCUT2D eigenvalue weighted by atomic mass is 10.1. The number of anilines is 1. The molecule has 2 N–H and O–H groups in total. The van der Waals surface area contributed by atoms with Gasteiger partial charge in [0.2, 0.25) is 26.0 Å². The maximum absolute atomic E-state index is 12.9. The SMILES string of the molecule is CC(NS(=O)(=O)c1ccc(CCC(=O)Nc2ccc(S(=O)(=O)N3CCN(C)CC3)cc2)cc1)c1ccccc1. The zero-order valence-corrected chi connectivity index (χ0v) is 23.7. The number of aryl methyl sites for hydroxylation is 1. The molecule has 0 spiro atoms. The Balaban J connectivity index is 1.28. The topological polar surface area (TPSA) is 116 Å². The van der Waals surface area contributed by atoms with Crippen molar-refractivity contribution in [1.29, 1.82) is 0 Å². The van der Waals surface area contributed by atoms with E-state index in [1.165, 1.54) is 28.6 Å². The van der Waals surface area contributed by atoms with Gasteiger partial charge in [0.25, 0.3) is 0 Å². The molecule has 1 unspecified atom stereocenters. The minimum absolute atomic E-state index is 0.157. The minimum atomic E-state index is -3.70. The van der Waals surface area contributed by atoms with Crippen LogP contribution in [0.2, 0.25) is 0 Å². The van der Waals surface area contributed by atoms with Gasteiger partial charge in [0.05, 0.1) is 9.79 Å². The van der Waals surface area contributed by atoms with E-state index in [2.05, 4.69) is 14.9 Å². The molecule has 3 aromatic carbocycles. The molecule has 4 rings (SSSR count). The fourth-order valence-corrected chi connectivity index (χ4v) is 6.97. The molecule has 1 aliphatic rings. The van der Waals surface area contributed by atoms with Crippen LogP contribution >= 0.6 is 0 Å². The monoisotopic (exact) mass is 570 g/mol. The molecule has 0 aromatic heterocycles. The van der Waals surface area contributed by atoms with E-state index >= 15 is 0 Å². The first kappa shape index (κ1) is 28.9. The third-order valence-electron chi connectivity index (χ3n) is 6.74. The highest BCUT2D eigenvalue weighted by Gasteiger charge is 2.27. The molecule has 0 radical (unpaired) electrons. The first-order chi connectivity index (χ1) is 18.5. The Morgan fingerprint density at radius 3 is 2.03 bits per heavy atom. The third-order valence-corrected chi connectivity index (χ3v) is 10.2. The third kappa shape index (κ3) is 7.52. The minimum Gasteiger partial charge on any atom is -0.326 e. The fraction of sp³-hybridized carbons (Fsp3) is 0.321. The van der Waals surface area contributed by atoms with Crippen LogP contribution in [-0.4, -0.2) is 65.2 Å². The van der Waals surface area contributed by atoms with E-state index in [9.17, 15) is 21.6 Å². The van der Waals surface area contributed by atoms with Crippen molar-refractivity contribution >= 4 is 31.6 Å². The van der Waals surface area contributed by atoms with Crippen molar-refractivity contribution in [3.8, 4) is 0 Å². The van der Waals surface area contributed by atoms with Gasteiger partial charge in [-0.2, -0.15) is 4.31 Å². The second-order valence-corrected chi connectivity index (χ2v) is 13.3. The summed E-state index contributed by atoms with van der Waals surface area (Å²) in [6.07, 6.45) is 0.618. The van der Waals surface area contributed by atoms with Crippen LogP contribution < -0.4 is 10.0 Å². The van der Waals surface area contributed by atoms with E-state index in [1.54, 1.807) is 31.2 Å². The number of benzene rings is 3. The van der Waals surface area contributed by atoms with Crippen LogP contribution in [0.15, 0.2) is 88.7 Å². The van der Waals surface area contributed by atoms with Gasteiger partial charge in [0.1, 0.15) is 0 Å². The van der Waals surface area contributed by atoms with Gasteiger partial charge in [-0.1, -0.05) is 42.5 Å². The highest BCUT2D eigenvalue weighted by molar-refractivity contribution is 7.89. The Bertz CT molecular complexity index is 1470. The lowest BCUT2D eigenvalue weighted by Gasteiger charge is -2.31. The number of nitrogens with one attached hydrogen (secondary N) is 2. The number of amides is 1. The van der Waals surface area contributed by atoms with Crippen molar-refractivity contribution in [1.82, 2.24) is 13.9 Å². The van der Waals surface area contributed by atoms with E-state index in [0.717, 1.165) is 11.1 Å². The molecule has 9 nitrogen and oxygen atoms in total. The molecular formula is C28H34N4O5S2.